The van der Waals surface area contributed by atoms with E-state index in [9.17, 15) is 9.59 Å². The highest BCUT2D eigenvalue weighted by Gasteiger charge is 2.17. The zero-order valence-corrected chi connectivity index (χ0v) is 17.2. The number of hydrogen-bond acceptors (Lipinski definition) is 3. The first-order valence-electron chi connectivity index (χ1n) is 9.06. The Morgan fingerprint density at radius 3 is 2.15 bits per heavy atom. The Morgan fingerprint density at radius 2 is 1.63 bits per heavy atom. The fourth-order valence-corrected chi connectivity index (χ4v) is 3.09. The predicted octanol–water partition coefficient (Wildman–Crippen LogP) is 5.81. The van der Waals surface area contributed by atoms with Gasteiger partial charge in [-0.3, -0.25) is 9.59 Å². The quantitative estimate of drug-likeness (QED) is 0.610. The van der Waals surface area contributed by atoms with Gasteiger partial charge in [0.05, 0.1) is 5.56 Å². The van der Waals surface area contributed by atoms with Gasteiger partial charge in [0.15, 0.2) is 12.4 Å². The Balaban J connectivity index is 2.19. The van der Waals surface area contributed by atoms with Gasteiger partial charge >= 0.3 is 0 Å². The largest absolute Gasteiger partial charge is 0.483 e. The van der Waals surface area contributed by atoms with Crippen LogP contribution in [0.25, 0.3) is 0 Å². The molecular weight excluding hydrogens is 362 g/mol. The summed E-state index contributed by atoms with van der Waals surface area (Å²) in [4.78, 5) is 24.3. The van der Waals surface area contributed by atoms with E-state index in [-0.39, 0.29) is 30.1 Å². The minimum absolute atomic E-state index is 0.167. The molecule has 0 aliphatic heterocycles. The van der Waals surface area contributed by atoms with Crippen molar-refractivity contribution >= 4 is 29.0 Å². The van der Waals surface area contributed by atoms with Crippen LogP contribution in [0.2, 0.25) is 5.02 Å². The van der Waals surface area contributed by atoms with Gasteiger partial charge in [-0.2, -0.15) is 0 Å². The molecule has 0 aliphatic carbocycles. The molecule has 0 spiro atoms. The van der Waals surface area contributed by atoms with Crippen LogP contribution in [0.3, 0.4) is 0 Å². The highest BCUT2D eigenvalue weighted by molar-refractivity contribution is 6.31. The van der Waals surface area contributed by atoms with Crippen LogP contribution in [-0.4, -0.2) is 18.3 Å². The summed E-state index contributed by atoms with van der Waals surface area (Å²) < 4.78 is 5.60. The molecule has 0 fully saturated rings. The zero-order chi connectivity index (χ0) is 20.1. The number of amides is 1. The van der Waals surface area contributed by atoms with E-state index in [0.29, 0.717) is 16.3 Å². The first-order valence-corrected chi connectivity index (χ1v) is 9.44. The minimum Gasteiger partial charge on any atom is -0.483 e. The van der Waals surface area contributed by atoms with Crippen LogP contribution < -0.4 is 10.1 Å². The van der Waals surface area contributed by atoms with Gasteiger partial charge in [-0.25, -0.2) is 0 Å². The van der Waals surface area contributed by atoms with Crippen LogP contribution in [0.1, 0.15) is 67.9 Å². The molecule has 0 aromatic heterocycles. The molecule has 0 heterocycles. The molecular formula is C22H26ClNO3. The van der Waals surface area contributed by atoms with Gasteiger partial charge in [-0.15, -0.1) is 0 Å². The number of halogens is 1. The van der Waals surface area contributed by atoms with Crippen molar-refractivity contribution in [1.82, 2.24) is 0 Å². The summed E-state index contributed by atoms with van der Waals surface area (Å²) in [6.45, 7) is 9.63. The number of rotatable bonds is 7. The van der Waals surface area contributed by atoms with Crippen molar-refractivity contribution in [2.45, 2.75) is 46.5 Å². The molecule has 2 rings (SSSR count). The third-order valence-corrected chi connectivity index (χ3v) is 4.55. The zero-order valence-electron chi connectivity index (χ0n) is 16.4. The number of benzene rings is 2. The minimum atomic E-state index is -0.269. The Labute approximate surface area is 165 Å². The first-order chi connectivity index (χ1) is 12.7. The summed E-state index contributed by atoms with van der Waals surface area (Å²) in [5.41, 5.74) is 3.38. The average Bonchev–Trinajstić information content (AvgIpc) is 2.60. The maximum atomic E-state index is 12.5. The molecule has 0 saturated carbocycles. The van der Waals surface area contributed by atoms with E-state index in [1.165, 1.54) is 6.92 Å². The van der Waals surface area contributed by atoms with Crippen molar-refractivity contribution < 1.29 is 14.3 Å². The van der Waals surface area contributed by atoms with E-state index < -0.39 is 0 Å². The van der Waals surface area contributed by atoms with E-state index in [0.717, 1.165) is 16.8 Å². The van der Waals surface area contributed by atoms with Crippen molar-refractivity contribution in [1.29, 1.82) is 0 Å². The second-order valence-corrected chi connectivity index (χ2v) is 7.59. The third kappa shape index (κ3) is 5.33. The molecule has 0 aliphatic rings. The van der Waals surface area contributed by atoms with Gasteiger partial charge in [0, 0.05) is 10.7 Å². The summed E-state index contributed by atoms with van der Waals surface area (Å²) >= 11 is 5.94. The van der Waals surface area contributed by atoms with Gasteiger partial charge in [-0.05, 0) is 48.1 Å². The van der Waals surface area contributed by atoms with Crippen molar-refractivity contribution in [2.24, 2.45) is 0 Å². The molecule has 0 atom stereocenters. The summed E-state index contributed by atoms with van der Waals surface area (Å²) in [6.07, 6.45) is 0. The van der Waals surface area contributed by atoms with Crippen LogP contribution in [0.4, 0.5) is 5.69 Å². The number of carbonyl (C=O) groups is 2. The Morgan fingerprint density at radius 1 is 1.04 bits per heavy atom. The lowest BCUT2D eigenvalue weighted by molar-refractivity contribution is -0.118. The van der Waals surface area contributed by atoms with Gasteiger partial charge < -0.3 is 10.1 Å². The van der Waals surface area contributed by atoms with Crippen LogP contribution >= 0.6 is 11.6 Å². The third-order valence-electron chi connectivity index (χ3n) is 4.32. The van der Waals surface area contributed by atoms with Crippen LogP contribution in [0.15, 0.2) is 36.4 Å². The van der Waals surface area contributed by atoms with Crippen LogP contribution in [0, 0.1) is 0 Å². The lowest BCUT2D eigenvalue weighted by atomic mass is 9.92. The summed E-state index contributed by atoms with van der Waals surface area (Å²) in [5.74, 6) is 0.471. The number of anilines is 1. The van der Waals surface area contributed by atoms with Gasteiger partial charge in [-0.1, -0.05) is 57.5 Å². The molecule has 2 aromatic carbocycles. The van der Waals surface area contributed by atoms with Crippen molar-refractivity contribution in [3.8, 4) is 5.75 Å². The molecule has 0 saturated heterocycles. The number of ketones is 1. The normalized spacial score (nSPS) is 11.0. The molecule has 4 nitrogen and oxygen atoms in total. The molecule has 2 aromatic rings. The second kappa shape index (κ2) is 9.05. The monoisotopic (exact) mass is 387 g/mol. The molecule has 27 heavy (non-hydrogen) atoms. The number of ether oxygens (including phenoxy) is 1. The molecule has 0 bridgehead atoms. The number of Topliss-reactive ketones (excluding diaryl/α,β-unsaturated/α-hetero) is 1. The Bertz CT molecular complexity index is 817. The van der Waals surface area contributed by atoms with E-state index in [1.54, 1.807) is 18.2 Å². The van der Waals surface area contributed by atoms with Gasteiger partial charge in [0.2, 0.25) is 0 Å². The second-order valence-electron chi connectivity index (χ2n) is 7.15. The van der Waals surface area contributed by atoms with Crippen molar-refractivity contribution in [3.05, 3.63) is 58.1 Å². The number of hydrogen-bond donors (Lipinski definition) is 1. The van der Waals surface area contributed by atoms with E-state index in [1.807, 2.05) is 18.2 Å². The molecule has 1 N–H and O–H groups in total. The fourth-order valence-electron chi connectivity index (χ4n) is 2.92. The van der Waals surface area contributed by atoms with Gasteiger partial charge in [0.25, 0.3) is 5.91 Å². The standard InChI is InChI=1S/C22H26ClNO3/c1-13(2)17-7-6-8-18(14(3)4)22(17)24-21(26)12-27-20-10-9-16(23)11-19(20)15(5)25/h6-11,13-14H,12H2,1-5H3,(H,24,26). The maximum Gasteiger partial charge on any atom is 0.262 e. The molecule has 5 heteroatoms. The van der Waals surface area contributed by atoms with Crippen LogP contribution in [0.5, 0.6) is 5.75 Å². The fraction of sp³-hybridized carbons (Fsp3) is 0.364. The van der Waals surface area contributed by atoms with Crippen LogP contribution in [-0.2, 0) is 4.79 Å². The van der Waals surface area contributed by atoms with Gasteiger partial charge in [0.1, 0.15) is 5.75 Å². The highest BCUT2D eigenvalue weighted by Crippen LogP contribution is 2.32. The number of carbonyl (C=O) groups excluding carboxylic acids is 2. The van der Waals surface area contributed by atoms with Crippen molar-refractivity contribution in [3.63, 3.8) is 0 Å². The lowest BCUT2D eigenvalue weighted by Crippen LogP contribution is -2.22. The predicted molar refractivity (Wildman–Crippen MR) is 110 cm³/mol. The molecule has 0 unspecified atom stereocenters. The Hall–Kier alpha value is -2.33. The van der Waals surface area contributed by atoms with E-state index >= 15 is 0 Å². The van der Waals surface area contributed by atoms with E-state index in [2.05, 4.69) is 33.0 Å². The average molecular weight is 388 g/mol. The summed E-state index contributed by atoms with van der Waals surface area (Å²) in [7, 11) is 0. The Kier molecular flexibility index (Phi) is 7.03. The lowest BCUT2D eigenvalue weighted by Gasteiger charge is -2.20. The topological polar surface area (TPSA) is 55.4 Å². The summed E-state index contributed by atoms with van der Waals surface area (Å²) in [5, 5.41) is 3.45. The van der Waals surface area contributed by atoms with Crippen molar-refractivity contribution in [2.75, 3.05) is 11.9 Å². The molecule has 0 radical (unpaired) electrons. The van der Waals surface area contributed by atoms with E-state index in [4.69, 9.17) is 16.3 Å². The molecule has 144 valence electrons. The highest BCUT2D eigenvalue weighted by atomic mass is 35.5. The number of para-hydroxylation sites is 1. The maximum absolute atomic E-state index is 12.5. The molecule has 1 amide bonds. The summed E-state index contributed by atoms with van der Waals surface area (Å²) in [6, 6.07) is 10.9. The number of nitrogens with one attached hydrogen (secondary N) is 1. The smallest absolute Gasteiger partial charge is 0.262 e. The first kappa shape index (κ1) is 21.0. The SMILES string of the molecule is CC(=O)c1cc(Cl)ccc1OCC(=O)Nc1c(C(C)C)cccc1C(C)C.